The average Bonchev–Trinajstić information content (AvgIpc) is 3.09. The molecule has 0 radical (unpaired) electrons. The fourth-order valence-corrected chi connectivity index (χ4v) is 3.93. The Morgan fingerprint density at radius 2 is 2.04 bits per heavy atom. The van der Waals surface area contributed by atoms with E-state index in [-0.39, 0.29) is 5.91 Å². The van der Waals surface area contributed by atoms with Crippen molar-refractivity contribution in [1.29, 1.82) is 0 Å². The monoisotopic (exact) mass is 372 g/mol. The van der Waals surface area contributed by atoms with Crippen LogP contribution in [-0.2, 0) is 11.3 Å². The molecule has 1 fully saturated rings. The van der Waals surface area contributed by atoms with Crippen molar-refractivity contribution >= 4 is 17.7 Å². The van der Waals surface area contributed by atoms with E-state index in [9.17, 15) is 4.79 Å². The third-order valence-electron chi connectivity index (χ3n) is 4.41. The molecule has 0 spiro atoms. The SMILES string of the molecule is C=CCn1c(SCC(=O)N2CCCCC2)nnc1-c1ccccc1OC. The van der Waals surface area contributed by atoms with Crippen molar-refractivity contribution in [2.24, 2.45) is 0 Å². The summed E-state index contributed by atoms with van der Waals surface area (Å²) in [4.78, 5) is 14.4. The summed E-state index contributed by atoms with van der Waals surface area (Å²) in [5.74, 6) is 2.00. The number of carbonyl (C=O) groups is 1. The number of hydrogen-bond donors (Lipinski definition) is 0. The minimum Gasteiger partial charge on any atom is -0.496 e. The van der Waals surface area contributed by atoms with E-state index < -0.39 is 0 Å². The molecule has 0 aliphatic carbocycles. The minimum absolute atomic E-state index is 0.168. The van der Waals surface area contributed by atoms with E-state index in [0.29, 0.717) is 12.3 Å². The zero-order valence-electron chi connectivity index (χ0n) is 15.1. The molecule has 1 aromatic carbocycles. The predicted octanol–water partition coefficient (Wildman–Crippen LogP) is 3.24. The van der Waals surface area contributed by atoms with Gasteiger partial charge in [-0.2, -0.15) is 0 Å². The van der Waals surface area contributed by atoms with Gasteiger partial charge in [0.2, 0.25) is 5.91 Å². The Hall–Kier alpha value is -2.28. The highest BCUT2D eigenvalue weighted by molar-refractivity contribution is 7.99. The number of likely N-dealkylation sites (tertiary alicyclic amines) is 1. The van der Waals surface area contributed by atoms with E-state index in [1.807, 2.05) is 33.7 Å². The van der Waals surface area contributed by atoms with Gasteiger partial charge in [0, 0.05) is 19.6 Å². The summed E-state index contributed by atoms with van der Waals surface area (Å²) in [5, 5.41) is 9.37. The van der Waals surface area contributed by atoms with Gasteiger partial charge in [0.05, 0.1) is 18.4 Å². The molecule has 6 nitrogen and oxygen atoms in total. The molecular formula is C19H24N4O2S. The van der Waals surface area contributed by atoms with Crippen molar-refractivity contribution in [2.45, 2.75) is 31.0 Å². The smallest absolute Gasteiger partial charge is 0.233 e. The van der Waals surface area contributed by atoms with Crippen LogP contribution in [0.2, 0.25) is 0 Å². The maximum atomic E-state index is 12.4. The van der Waals surface area contributed by atoms with Crippen molar-refractivity contribution in [2.75, 3.05) is 26.0 Å². The lowest BCUT2D eigenvalue weighted by atomic mass is 10.1. The average molecular weight is 372 g/mol. The van der Waals surface area contributed by atoms with Gasteiger partial charge in [-0.3, -0.25) is 9.36 Å². The van der Waals surface area contributed by atoms with Crippen LogP contribution in [0.25, 0.3) is 11.4 Å². The predicted molar refractivity (Wildman–Crippen MR) is 103 cm³/mol. The number of carbonyl (C=O) groups excluding carboxylic acids is 1. The number of nitrogens with zero attached hydrogens (tertiary/aromatic N) is 4. The molecular weight excluding hydrogens is 348 g/mol. The van der Waals surface area contributed by atoms with Crippen LogP contribution in [0.5, 0.6) is 5.75 Å². The summed E-state index contributed by atoms with van der Waals surface area (Å²) in [6, 6.07) is 7.71. The van der Waals surface area contributed by atoms with Gasteiger partial charge >= 0.3 is 0 Å². The molecule has 3 rings (SSSR count). The zero-order valence-corrected chi connectivity index (χ0v) is 15.9. The Morgan fingerprint density at radius 3 is 2.77 bits per heavy atom. The number of aromatic nitrogens is 3. The quantitative estimate of drug-likeness (QED) is 0.552. The molecule has 0 saturated carbocycles. The van der Waals surface area contributed by atoms with Crippen LogP contribution in [-0.4, -0.2) is 51.5 Å². The Kier molecular flexibility index (Phi) is 6.33. The first-order valence-electron chi connectivity index (χ1n) is 8.82. The Morgan fingerprint density at radius 1 is 1.27 bits per heavy atom. The topological polar surface area (TPSA) is 60.2 Å². The van der Waals surface area contributed by atoms with Crippen LogP contribution < -0.4 is 4.74 Å². The first-order valence-corrected chi connectivity index (χ1v) is 9.81. The van der Waals surface area contributed by atoms with Gasteiger partial charge in [-0.15, -0.1) is 16.8 Å². The second-order valence-corrected chi connectivity index (χ2v) is 7.08. The van der Waals surface area contributed by atoms with Crippen LogP contribution in [0, 0.1) is 0 Å². The second-order valence-electron chi connectivity index (χ2n) is 6.14. The van der Waals surface area contributed by atoms with Crippen molar-refractivity contribution < 1.29 is 9.53 Å². The number of ether oxygens (including phenoxy) is 1. The molecule has 1 aliphatic heterocycles. The van der Waals surface area contributed by atoms with E-state index in [0.717, 1.165) is 48.2 Å². The molecule has 1 aromatic heterocycles. The number of allylic oxidation sites excluding steroid dienone is 1. The summed E-state index contributed by atoms with van der Waals surface area (Å²) >= 11 is 1.43. The van der Waals surface area contributed by atoms with Gasteiger partial charge in [-0.05, 0) is 31.4 Å². The van der Waals surface area contributed by atoms with Gasteiger partial charge in [-0.25, -0.2) is 0 Å². The highest BCUT2D eigenvalue weighted by Gasteiger charge is 2.20. The molecule has 0 N–H and O–H groups in total. The summed E-state index contributed by atoms with van der Waals surface area (Å²) < 4.78 is 7.42. The number of piperidine rings is 1. The number of methoxy groups -OCH3 is 1. The Bertz CT molecular complexity index is 769. The lowest BCUT2D eigenvalue weighted by molar-refractivity contribution is -0.129. The number of para-hydroxylation sites is 1. The second kappa shape index (κ2) is 8.89. The summed E-state index contributed by atoms with van der Waals surface area (Å²) in [7, 11) is 1.64. The van der Waals surface area contributed by atoms with Crippen LogP contribution >= 0.6 is 11.8 Å². The normalized spacial score (nSPS) is 14.3. The number of hydrogen-bond acceptors (Lipinski definition) is 5. The first-order chi connectivity index (χ1) is 12.7. The number of benzene rings is 1. The Balaban J connectivity index is 1.78. The fourth-order valence-electron chi connectivity index (χ4n) is 3.08. The molecule has 1 amide bonds. The molecule has 1 saturated heterocycles. The summed E-state index contributed by atoms with van der Waals surface area (Å²) in [6.45, 7) is 6.13. The van der Waals surface area contributed by atoms with E-state index in [2.05, 4.69) is 16.8 Å². The van der Waals surface area contributed by atoms with Crippen molar-refractivity contribution in [1.82, 2.24) is 19.7 Å². The molecule has 26 heavy (non-hydrogen) atoms. The molecule has 0 atom stereocenters. The highest BCUT2D eigenvalue weighted by atomic mass is 32.2. The van der Waals surface area contributed by atoms with E-state index >= 15 is 0 Å². The number of amides is 1. The van der Waals surface area contributed by atoms with E-state index in [4.69, 9.17) is 4.74 Å². The standard InChI is InChI=1S/C19H24N4O2S/c1-3-11-23-18(15-9-5-6-10-16(15)25-2)20-21-19(23)26-14-17(24)22-12-7-4-8-13-22/h3,5-6,9-10H,1,4,7-8,11-14H2,2H3. The van der Waals surface area contributed by atoms with E-state index in [1.54, 1.807) is 13.2 Å². The molecule has 0 bridgehead atoms. The molecule has 2 aromatic rings. The molecule has 1 aliphatic rings. The molecule has 2 heterocycles. The van der Waals surface area contributed by atoms with Crippen LogP contribution in [0.1, 0.15) is 19.3 Å². The zero-order chi connectivity index (χ0) is 18.4. The minimum atomic E-state index is 0.168. The van der Waals surface area contributed by atoms with Crippen LogP contribution in [0.3, 0.4) is 0 Å². The van der Waals surface area contributed by atoms with Crippen LogP contribution in [0.4, 0.5) is 0 Å². The van der Waals surface area contributed by atoms with Gasteiger partial charge in [0.25, 0.3) is 0 Å². The Labute approximate surface area is 158 Å². The maximum absolute atomic E-state index is 12.4. The first kappa shape index (κ1) is 18.5. The third kappa shape index (κ3) is 4.09. The molecule has 0 unspecified atom stereocenters. The van der Waals surface area contributed by atoms with Gasteiger partial charge in [0.15, 0.2) is 11.0 Å². The third-order valence-corrected chi connectivity index (χ3v) is 5.36. The summed E-state index contributed by atoms with van der Waals surface area (Å²) in [6.07, 6.45) is 5.22. The fraction of sp³-hybridized carbons (Fsp3) is 0.421. The van der Waals surface area contributed by atoms with E-state index in [1.165, 1.54) is 18.2 Å². The number of rotatable bonds is 7. The van der Waals surface area contributed by atoms with Crippen molar-refractivity contribution in [3.8, 4) is 17.1 Å². The van der Waals surface area contributed by atoms with Crippen LogP contribution in [0.15, 0.2) is 42.1 Å². The van der Waals surface area contributed by atoms with Crippen molar-refractivity contribution in [3.63, 3.8) is 0 Å². The highest BCUT2D eigenvalue weighted by Crippen LogP contribution is 2.31. The summed E-state index contributed by atoms with van der Waals surface area (Å²) in [5.41, 5.74) is 0.874. The lowest BCUT2D eigenvalue weighted by Gasteiger charge is -2.26. The molecule has 7 heteroatoms. The maximum Gasteiger partial charge on any atom is 0.233 e. The van der Waals surface area contributed by atoms with Gasteiger partial charge in [-0.1, -0.05) is 30.0 Å². The van der Waals surface area contributed by atoms with Crippen molar-refractivity contribution in [3.05, 3.63) is 36.9 Å². The largest absolute Gasteiger partial charge is 0.496 e. The molecule has 138 valence electrons. The lowest BCUT2D eigenvalue weighted by Crippen LogP contribution is -2.36. The number of thioether (sulfide) groups is 1. The van der Waals surface area contributed by atoms with Gasteiger partial charge < -0.3 is 9.64 Å². The van der Waals surface area contributed by atoms with Gasteiger partial charge in [0.1, 0.15) is 5.75 Å².